The van der Waals surface area contributed by atoms with Crippen molar-refractivity contribution in [2.45, 2.75) is 19.4 Å². The monoisotopic (exact) mass is 259 g/mol. The molecule has 1 aromatic heterocycles. The average molecular weight is 259 g/mol. The fourth-order valence-corrected chi connectivity index (χ4v) is 1.93. The molecule has 1 heterocycles. The molecule has 2 aromatic rings. The van der Waals surface area contributed by atoms with Crippen molar-refractivity contribution in [3.8, 4) is 0 Å². The van der Waals surface area contributed by atoms with Gasteiger partial charge in [0.2, 0.25) is 0 Å². The van der Waals surface area contributed by atoms with Crippen molar-refractivity contribution in [3.05, 3.63) is 53.6 Å². The van der Waals surface area contributed by atoms with E-state index in [1.54, 1.807) is 7.11 Å². The zero-order chi connectivity index (χ0) is 13.3. The Morgan fingerprint density at radius 1 is 1.21 bits per heavy atom. The second kappa shape index (κ2) is 7.71. The van der Waals surface area contributed by atoms with Crippen LogP contribution in [0.25, 0.3) is 0 Å². The maximum Gasteiger partial charge on any atom is 0.106 e. The maximum absolute atomic E-state index is 4.98. The number of ether oxygens (including phenoxy) is 1. The standard InChI is InChI=1S/C15H21N3O/c1-19-10-9-16-11-14-12-17-15(18-14)8-7-13-5-3-2-4-6-13/h2-6,12,16H,7-11H2,1H3,(H,17,18). The van der Waals surface area contributed by atoms with Gasteiger partial charge in [0.05, 0.1) is 6.61 Å². The quantitative estimate of drug-likeness (QED) is 0.712. The fraction of sp³-hybridized carbons (Fsp3) is 0.400. The molecule has 1 aromatic carbocycles. The summed E-state index contributed by atoms with van der Waals surface area (Å²) in [7, 11) is 1.71. The Morgan fingerprint density at radius 2 is 2.05 bits per heavy atom. The largest absolute Gasteiger partial charge is 0.383 e. The molecule has 0 unspecified atom stereocenters. The summed E-state index contributed by atoms with van der Waals surface area (Å²) in [5.41, 5.74) is 2.47. The van der Waals surface area contributed by atoms with Gasteiger partial charge in [-0.1, -0.05) is 30.3 Å². The number of hydrogen-bond donors (Lipinski definition) is 2. The van der Waals surface area contributed by atoms with Gasteiger partial charge in [-0.15, -0.1) is 0 Å². The van der Waals surface area contributed by atoms with E-state index in [1.165, 1.54) is 5.56 Å². The second-order valence-corrected chi connectivity index (χ2v) is 4.51. The third-order valence-electron chi connectivity index (χ3n) is 2.97. The van der Waals surface area contributed by atoms with Crippen LogP contribution in [0.5, 0.6) is 0 Å². The van der Waals surface area contributed by atoms with Crippen molar-refractivity contribution in [1.82, 2.24) is 15.3 Å². The van der Waals surface area contributed by atoms with Crippen LogP contribution in [0.2, 0.25) is 0 Å². The van der Waals surface area contributed by atoms with Crippen LogP contribution in [0.4, 0.5) is 0 Å². The number of nitrogens with zero attached hydrogens (tertiary/aromatic N) is 1. The predicted molar refractivity (Wildman–Crippen MR) is 76.0 cm³/mol. The molecule has 0 aliphatic rings. The SMILES string of the molecule is COCCNCc1cnc(CCc2ccccc2)[nH]1. The van der Waals surface area contributed by atoms with Crippen molar-refractivity contribution < 1.29 is 4.74 Å². The first-order valence-electron chi connectivity index (χ1n) is 6.65. The molecule has 0 radical (unpaired) electrons. The summed E-state index contributed by atoms with van der Waals surface area (Å²) in [6, 6.07) is 10.5. The van der Waals surface area contributed by atoms with E-state index >= 15 is 0 Å². The van der Waals surface area contributed by atoms with Crippen LogP contribution < -0.4 is 5.32 Å². The van der Waals surface area contributed by atoms with Gasteiger partial charge in [0.25, 0.3) is 0 Å². The van der Waals surface area contributed by atoms with Gasteiger partial charge >= 0.3 is 0 Å². The smallest absolute Gasteiger partial charge is 0.106 e. The minimum absolute atomic E-state index is 0.731. The molecule has 0 saturated heterocycles. The summed E-state index contributed by atoms with van der Waals surface area (Å²) in [6.45, 7) is 2.39. The van der Waals surface area contributed by atoms with Gasteiger partial charge in [-0.05, 0) is 12.0 Å². The summed E-state index contributed by atoms with van der Waals surface area (Å²) >= 11 is 0. The number of benzene rings is 1. The molecule has 2 rings (SSSR count). The normalized spacial score (nSPS) is 10.8. The highest BCUT2D eigenvalue weighted by molar-refractivity contribution is 5.15. The number of aryl methyl sites for hydroxylation is 2. The molecule has 4 heteroatoms. The summed E-state index contributed by atoms with van der Waals surface area (Å²) in [4.78, 5) is 7.75. The Hall–Kier alpha value is -1.65. The van der Waals surface area contributed by atoms with E-state index in [9.17, 15) is 0 Å². The minimum atomic E-state index is 0.731. The van der Waals surface area contributed by atoms with Gasteiger partial charge in [-0.25, -0.2) is 4.98 Å². The lowest BCUT2D eigenvalue weighted by molar-refractivity contribution is 0.199. The van der Waals surface area contributed by atoms with Gasteiger partial charge in [0.15, 0.2) is 0 Å². The topological polar surface area (TPSA) is 49.9 Å². The molecule has 0 amide bonds. The third-order valence-corrected chi connectivity index (χ3v) is 2.97. The number of aromatic nitrogens is 2. The molecule has 0 saturated carbocycles. The van der Waals surface area contributed by atoms with Crippen LogP contribution >= 0.6 is 0 Å². The number of H-pyrrole nitrogens is 1. The molecule has 0 fully saturated rings. The molecule has 0 aliphatic heterocycles. The first kappa shape index (κ1) is 13.8. The molecule has 2 N–H and O–H groups in total. The maximum atomic E-state index is 4.98. The van der Waals surface area contributed by atoms with Gasteiger partial charge < -0.3 is 15.0 Å². The van der Waals surface area contributed by atoms with Crippen molar-refractivity contribution in [2.24, 2.45) is 0 Å². The van der Waals surface area contributed by atoms with E-state index in [0.717, 1.165) is 44.1 Å². The highest BCUT2D eigenvalue weighted by Gasteiger charge is 2.01. The number of nitrogens with one attached hydrogen (secondary N) is 2. The molecule has 0 aliphatic carbocycles. The number of rotatable bonds is 8. The highest BCUT2D eigenvalue weighted by Crippen LogP contribution is 2.05. The first-order chi connectivity index (χ1) is 9.38. The lowest BCUT2D eigenvalue weighted by atomic mass is 10.1. The molecule has 0 bridgehead atoms. The van der Waals surface area contributed by atoms with Crippen LogP contribution in [-0.4, -0.2) is 30.2 Å². The van der Waals surface area contributed by atoms with Crippen LogP contribution in [0.3, 0.4) is 0 Å². The molecular formula is C15H21N3O. The molecule has 0 atom stereocenters. The molecule has 0 spiro atoms. The van der Waals surface area contributed by atoms with Gasteiger partial charge in [-0.3, -0.25) is 0 Å². The fourth-order valence-electron chi connectivity index (χ4n) is 1.93. The number of hydrogen-bond acceptors (Lipinski definition) is 3. The highest BCUT2D eigenvalue weighted by atomic mass is 16.5. The molecular weight excluding hydrogens is 238 g/mol. The van der Waals surface area contributed by atoms with Crippen LogP contribution in [0.15, 0.2) is 36.5 Å². The Morgan fingerprint density at radius 3 is 2.84 bits per heavy atom. The lowest BCUT2D eigenvalue weighted by Crippen LogP contribution is -2.18. The van der Waals surface area contributed by atoms with Gasteiger partial charge in [-0.2, -0.15) is 0 Å². The summed E-state index contributed by atoms with van der Waals surface area (Å²) in [5, 5.41) is 3.29. The van der Waals surface area contributed by atoms with Crippen LogP contribution in [-0.2, 0) is 24.1 Å². The zero-order valence-electron chi connectivity index (χ0n) is 11.4. The lowest BCUT2D eigenvalue weighted by Gasteiger charge is -2.01. The van der Waals surface area contributed by atoms with E-state index in [2.05, 4.69) is 39.6 Å². The molecule has 102 valence electrons. The Kier molecular flexibility index (Phi) is 5.59. The van der Waals surface area contributed by atoms with E-state index < -0.39 is 0 Å². The number of aromatic amines is 1. The Balaban J connectivity index is 1.74. The van der Waals surface area contributed by atoms with E-state index in [1.807, 2.05) is 12.3 Å². The Bertz CT molecular complexity index is 467. The van der Waals surface area contributed by atoms with Crippen LogP contribution in [0.1, 0.15) is 17.1 Å². The number of imidazole rings is 1. The predicted octanol–water partition coefficient (Wildman–Crippen LogP) is 1.93. The molecule has 19 heavy (non-hydrogen) atoms. The average Bonchev–Trinajstić information content (AvgIpc) is 2.91. The summed E-state index contributed by atoms with van der Waals surface area (Å²) in [6.07, 6.45) is 3.87. The zero-order valence-corrected chi connectivity index (χ0v) is 11.4. The first-order valence-corrected chi connectivity index (χ1v) is 6.65. The summed E-state index contributed by atoms with van der Waals surface area (Å²) < 4.78 is 4.98. The second-order valence-electron chi connectivity index (χ2n) is 4.51. The van der Waals surface area contributed by atoms with Crippen LogP contribution in [0, 0.1) is 0 Å². The van der Waals surface area contributed by atoms with E-state index in [-0.39, 0.29) is 0 Å². The minimum Gasteiger partial charge on any atom is -0.383 e. The number of methoxy groups -OCH3 is 1. The van der Waals surface area contributed by atoms with Crippen molar-refractivity contribution >= 4 is 0 Å². The van der Waals surface area contributed by atoms with Crippen molar-refractivity contribution in [2.75, 3.05) is 20.3 Å². The summed E-state index contributed by atoms with van der Waals surface area (Å²) in [5.74, 6) is 1.05. The Labute approximate surface area is 114 Å². The van der Waals surface area contributed by atoms with Gasteiger partial charge in [0.1, 0.15) is 5.82 Å². The van der Waals surface area contributed by atoms with E-state index in [4.69, 9.17) is 4.74 Å². The van der Waals surface area contributed by atoms with E-state index in [0.29, 0.717) is 0 Å². The van der Waals surface area contributed by atoms with Crippen molar-refractivity contribution in [1.29, 1.82) is 0 Å². The van der Waals surface area contributed by atoms with Crippen molar-refractivity contribution in [3.63, 3.8) is 0 Å². The third kappa shape index (κ3) is 4.85. The molecule has 4 nitrogen and oxygen atoms in total. The van der Waals surface area contributed by atoms with Gasteiger partial charge in [0, 0.05) is 38.5 Å².